The van der Waals surface area contributed by atoms with E-state index in [1.54, 1.807) is 13.2 Å². The van der Waals surface area contributed by atoms with Gasteiger partial charge in [0.15, 0.2) is 11.5 Å². The molecule has 0 saturated carbocycles. The van der Waals surface area contributed by atoms with Crippen molar-refractivity contribution in [3.8, 4) is 0 Å². The molecule has 2 heterocycles. The first-order chi connectivity index (χ1) is 8.29. The molecule has 2 N–H and O–H groups in total. The summed E-state index contributed by atoms with van der Waals surface area (Å²) in [5.74, 6) is 0.349. The molecule has 0 bridgehead atoms. The third kappa shape index (κ3) is 3.28. The minimum Gasteiger partial charge on any atom is -0.377 e. The van der Waals surface area contributed by atoms with E-state index in [0.717, 1.165) is 13.0 Å². The van der Waals surface area contributed by atoms with Crippen molar-refractivity contribution >= 4 is 5.91 Å². The van der Waals surface area contributed by atoms with Gasteiger partial charge in [-0.05, 0) is 19.4 Å². The largest absolute Gasteiger partial charge is 0.377 e. The lowest BCUT2D eigenvalue weighted by atomic mass is 10.2. The molecule has 0 spiro atoms. The molecule has 94 valence electrons. The van der Waals surface area contributed by atoms with Crippen LogP contribution in [0.25, 0.3) is 0 Å². The Hall–Kier alpha value is -1.40. The molecule has 1 aliphatic rings. The number of nitrogens with one attached hydrogen (secondary N) is 2. The number of carbonyl (C=O) groups is 1. The van der Waals surface area contributed by atoms with E-state index >= 15 is 0 Å². The highest BCUT2D eigenvalue weighted by atomic mass is 16.5. The van der Waals surface area contributed by atoms with E-state index < -0.39 is 0 Å². The van der Waals surface area contributed by atoms with Crippen LogP contribution in [0, 0.1) is 0 Å². The number of aromatic nitrogens is 1. The second-order valence-electron chi connectivity index (χ2n) is 4.11. The Morgan fingerprint density at radius 3 is 3.35 bits per heavy atom. The molecular weight excluding hydrogens is 222 g/mol. The molecule has 1 aromatic heterocycles. The van der Waals surface area contributed by atoms with Crippen molar-refractivity contribution in [2.45, 2.75) is 25.5 Å². The van der Waals surface area contributed by atoms with Gasteiger partial charge >= 0.3 is 0 Å². The molecule has 0 aliphatic carbocycles. The van der Waals surface area contributed by atoms with Crippen LogP contribution in [0.2, 0.25) is 0 Å². The normalized spacial score (nSPS) is 19.5. The molecule has 1 saturated heterocycles. The quantitative estimate of drug-likeness (QED) is 0.773. The predicted molar refractivity (Wildman–Crippen MR) is 60.6 cm³/mol. The Bertz CT molecular complexity index is 372. The summed E-state index contributed by atoms with van der Waals surface area (Å²) in [5, 5.41) is 9.83. The predicted octanol–water partition coefficient (Wildman–Crippen LogP) is 0.303. The van der Waals surface area contributed by atoms with Crippen molar-refractivity contribution in [3.05, 3.63) is 17.5 Å². The fourth-order valence-corrected chi connectivity index (χ4v) is 1.87. The zero-order valence-electron chi connectivity index (χ0n) is 9.86. The van der Waals surface area contributed by atoms with E-state index in [1.165, 1.54) is 6.42 Å². The van der Waals surface area contributed by atoms with Gasteiger partial charge in [0.2, 0.25) is 0 Å². The summed E-state index contributed by atoms with van der Waals surface area (Å²) >= 11 is 0. The van der Waals surface area contributed by atoms with E-state index in [-0.39, 0.29) is 5.91 Å². The Balaban J connectivity index is 1.81. The molecule has 17 heavy (non-hydrogen) atoms. The van der Waals surface area contributed by atoms with Crippen molar-refractivity contribution < 1.29 is 14.1 Å². The summed E-state index contributed by atoms with van der Waals surface area (Å²) in [6.45, 7) is 1.98. The molecule has 6 nitrogen and oxygen atoms in total. The van der Waals surface area contributed by atoms with Crippen LogP contribution >= 0.6 is 0 Å². The highest BCUT2D eigenvalue weighted by Crippen LogP contribution is 2.06. The van der Waals surface area contributed by atoms with Crippen LogP contribution in [-0.4, -0.2) is 37.3 Å². The molecule has 1 unspecified atom stereocenters. The van der Waals surface area contributed by atoms with E-state index in [2.05, 4.69) is 15.8 Å². The molecule has 1 aromatic rings. The average molecular weight is 239 g/mol. The molecule has 1 aliphatic heterocycles. The van der Waals surface area contributed by atoms with Crippen molar-refractivity contribution in [2.75, 3.05) is 20.2 Å². The Labute approximate surface area is 99.7 Å². The van der Waals surface area contributed by atoms with E-state index in [4.69, 9.17) is 9.26 Å². The number of hydrogen-bond acceptors (Lipinski definition) is 5. The zero-order valence-corrected chi connectivity index (χ0v) is 9.86. The van der Waals surface area contributed by atoms with Gasteiger partial charge in [-0.1, -0.05) is 5.16 Å². The maximum atomic E-state index is 11.7. The van der Waals surface area contributed by atoms with Crippen LogP contribution in [0.5, 0.6) is 0 Å². The topological polar surface area (TPSA) is 76.4 Å². The molecule has 6 heteroatoms. The van der Waals surface area contributed by atoms with Crippen LogP contribution in [0.15, 0.2) is 10.6 Å². The number of amides is 1. The third-order valence-corrected chi connectivity index (χ3v) is 2.75. The highest BCUT2D eigenvalue weighted by Gasteiger charge is 2.17. The second-order valence-corrected chi connectivity index (χ2v) is 4.11. The molecule has 1 atom stereocenters. The maximum absolute atomic E-state index is 11.7. The fourth-order valence-electron chi connectivity index (χ4n) is 1.87. The fraction of sp³-hybridized carbons (Fsp3) is 0.636. The second kappa shape index (κ2) is 5.79. The first kappa shape index (κ1) is 12.1. The Morgan fingerprint density at radius 2 is 2.65 bits per heavy atom. The standard InChI is InChI=1S/C11H17N3O3/c1-16-7-9-5-10(14-17-9)11(15)13-6-8-3-2-4-12-8/h5,8,12H,2-4,6-7H2,1H3,(H,13,15). The molecule has 0 radical (unpaired) electrons. The van der Waals surface area contributed by atoms with Gasteiger partial charge in [-0.2, -0.15) is 0 Å². The Morgan fingerprint density at radius 1 is 1.76 bits per heavy atom. The van der Waals surface area contributed by atoms with Gasteiger partial charge in [0.05, 0.1) is 0 Å². The van der Waals surface area contributed by atoms with Gasteiger partial charge in [0, 0.05) is 25.8 Å². The summed E-state index contributed by atoms with van der Waals surface area (Å²) in [6.07, 6.45) is 2.27. The van der Waals surface area contributed by atoms with Gasteiger partial charge in [0.1, 0.15) is 6.61 Å². The van der Waals surface area contributed by atoms with Crippen molar-refractivity contribution in [2.24, 2.45) is 0 Å². The highest BCUT2D eigenvalue weighted by molar-refractivity contribution is 5.92. The number of carbonyl (C=O) groups excluding carboxylic acids is 1. The summed E-state index contributed by atoms with van der Waals surface area (Å²) in [4.78, 5) is 11.7. The van der Waals surface area contributed by atoms with Gasteiger partial charge in [0.25, 0.3) is 5.91 Å². The van der Waals surface area contributed by atoms with E-state index in [0.29, 0.717) is 30.6 Å². The Kier molecular flexibility index (Phi) is 4.11. The monoisotopic (exact) mass is 239 g/mol. The number of nitrogens with zero attached hydrogens (tertiary/aromatic N) is 1. The summed E-state index contributed by atoms with van der Waals surface area (Å²) in [5.41, 5.74) is 0.301. The van der Waals surface area contributed by atoms with Crippen molar-refractivity contribution in [1.82, 2.24) is 15.8 Å². The lowest BCUT2D eigenvalue weighted by Gasteiger charge is -2.09. The minimum absolute atomic E-state index is 0.204. The number of hydrogen-bond donors (Lipinski definition) is 2. The van der Waals surface area contributed by atoms with Crippen LogP contribution in [-0.2, 0) is 11.3 Å². The SMILES string of the molecule is COCc1cc(C(=O)NCC2CCCN2)no1. The first-order valence-corrected chi connectivity index (χ1v) is 5.75. The van der Waals surface area contributed by atoms with Gasteiger partial charge in [-0.3, -0.25) is 4.79 Å². The first-order valence-electron chi connectivity index (χ1n) is 5.75. The number of rotatable bonds is 5. The summed E-state index contributed by atoms with van der Waals surface area (Å²) < 4.78 is 9.83. The molecular formula is C11H17N3O3. The third-order valence-electron chi connectivity index (χ3n) is 2.75. The summed E-state index contributed by atoms with van der Waals surface area (Å²) in [6, 6.07) is 1.98. The minimum atomic E-state index is -0.204. The van der Waals surface area contributed by atoms with Crippen LogP contribution in [0.1, 0.15) is 29.1 Å². The lowest BCUT2D eigenvalue weighted by molar-refractivity contribution is 0.0940. The van der Waals surface area contributed by atoms with E-state index in [1.807, 2.05) is 0 Å². The van der Waals surface area contributed by atoms with Gasteiger partial charge in [-0.25, -0.2) is 0 Å². The molecule has 2 rings (SSSR count). The van der Waals surface area contributed by atoms with Crippen LogP contribution in [0.4, 0.5) is 0 Å². The van der Waals surface area contributed by atoms with E-state index in [9.17, 15) is 4.79 Å². The number of ether oxygens (including phenoxy) is 1. The van der Waals surface area contributed by atoms with Crippen LogP contribution in [0.3, 0.4) is 0 Å². The molecule has 1 fully saturated rings. The van der Waals surface area contributed by atoms with Crippen LogP contribution < -0.4 is 10.6 Å². The van der Waals surface area contributed by atoms with Gasteiger partial charge in [-0.15, -0.1) is 0 Å². The van der Waals surface area contributed by atoms with Gasteiger partial charge < -0.3 is 19.9 Å². The smallest absolute Gasteiger partial charge is 0.273 e. The zero-order chi connectivity index (χ0) is 12.1. The lowest BCUT2D eigenvalue weighted by Crippen LogP contribution is -2.37. The summed E-state index contributed by atoms with van der Waals surface area (Å²) in [7, 11) is 1.56. The average Bonchev–Trinajstić information content (AvgIpc) is 2.97. The molecule has 0 aromatic carbocycles. The number of methoxy groups -OCH3 is 1. The van der Waals surface area contributed by atoms with Crippen molar-refractivity contribution in [3.63, 3.8) is 0 Å². The van der Waals surface area contributed by atoms with Crippen molar-refractivity contribution in [1.29, 1.82) is 0 Å². The maximum Gasteiger partial charge on any atom is 0.273 e. The molecule has 1 amide bonds.